The van der Waals surface area contributed by atoms with Gasteiger partial charge in [0.25, 0.3) is 0 Å². The predicted molar refractivity (Wildman–Crippen MR) is 48.0 cm³/mol. The van der Waals surface area contributed by atoms with E-state index in [1.807, 2.05) is 13.8 Å². The van der Waals surface area contributed by atoms with Crippen LogP contribution in [0.3, 0.4) is 0 Å². The Morgan fingerprint density at radius 1 is 1.14 bits per heavy atom. The lowest BCUT2D eigenvalue weighted by Gasteiger charge is -2.42. The van der Waals surface area contributed by atoms with Gasteiger partial charge in [0.15, 0.2) is 12.6 Å². The van der Waals surface area contributed by atoms with Crippen molar-refractivity contribution in [2.24, 2.45) is 17.8 Å². The molecule has 5 unspecified atom stereocenters. The van der Waals surface area contributed by atoms with Crippen LogP contribution in [0.4, 0.5) is 0 Å². The number of hydrogen-bond donors (Lipinski definition) is 4. The van der Waals surface area contributed by atoms with Crippen molar-refractivity contribution < 1.29 is 25.2 Å². The van der Waals surface area contributed by atoms with Crippen molar-refractivity contribution in [2.45, 2.75) is 32.5 Å². The summed E-state index contributed by atoms with van der Waals surface area (Å²) < 4.78 is 4.75. The van der Waals surface area contributed by atoms with Crippen molar-refractivity contribution in [1.82, 2.24) is 0 Å². The number of aliphatic hydroxyl groups excluding tert-OH is 4. The summed E-state index contributed by atoms with van der Waals surface area (Å²) in [7, 11) is 0. The van der Waals surface area contributed by atoms with Gasteiger partial charge in [-0.2, -0.15) is 0 Å². The lowest BCUT2D eigenvalue weighted by Crippen LogP contribution is -2.53. The molecule has 0 amide bonds. The van der Waals surface area contributed by atoms with Crippen LogP contribution < -0.4 is 0 Å². The molecule has 0 aromatic rings. The van der Waals surface area contributed by atoms with Gasteiger partial charge in [0.2, 0.25) is 0 Å². The predicted octanol–water partition coefficient (Wildman–Crippen LogP) is -1.10. The third-order valence-electron chi connectivity index (χ3n) is 2.81. The zero-order chi connectivity index (χ0) is 10.9. The molecule has 0 spiro atoms. The Hall–Kier alpha value is -0.200. The van der Waals surface area contributed by atoms with Gasteiger partial charge in [0.1, 0.15) is 6.10 Å². The molecule has 5 atom stereocenters. The fourth-order valence-electron chi connectivity index (χ4n) is 2.02. The summed E-state index contributed by atoms with van der Waals surface area (Å²) in [5, 5.41) is 37.3. The Morgan fingerprint density at radius 3 is 2.14 bits per heavy atom. The molecule has 1 heterocycles. The molecule has 1 aliphatic rings. The second-order valence-corrected chi connectivity index (χ2v) is 4.08. The zero-order valence-corrected chi connectivity index (χ0v) is 8.37. The molecule has 0 bridgehead atoms. The molecule has 14 heavy (non-hydrogen) atoms. The molecule has 1 rings (SSSR count). The summed E-state index contributed by atoms with van der Waals surface area (Å²) in [5.74, 6) is -0.851. The van der Waals surface area contributed by atoms with Crippen LogP contribution >= 0.6 is 0 Å². The van der Waals surface area contributed by atoms with Crippen molar-refractivity contribution in [1.29, 1.82) is 0 Å². The number of aliphatic hydroxyl groups is 4. The fourth-order valence-corrected chi connectivity index (χ4v) is 2.02. The molecule has 4 N–H and O–H groups in total. The summed E-state index contributed by atoms with van der Waals surface area (Å²) in [5.41, 5.74) is 0. The van der Waals surface area contributed by atoms with Crippen molar-refractivity contribution in [3.63, 3.8) is 0 Å². The summed E-state index contributed by atoms with van der Waals surface area (Å²) in [6, 6.07) is 0. The minimum atomic E-state index is -1.42. The monoisotopic (exact) mass is 206 g/mol. The first-order chi connectivity index (χ1) is 6.49. The highest BCUT2D eigenvalue weighted by Gasteiger charge is 2.44. The van der Waals surface area contributed by atoms with E-state index in [9.17, 15) is 15.3 Å². The third kappa shape index (κ3) is 2.07. The highest BCUT2D eigenvalue weighted by atomic mass is 16.7. The lowest BCUT2D eigenvalue weighted by atomic mass is 9.78. The van der Waals surface area contributed by atoms with E-state index in [4.69, 9.17) is 9.84 Å². The quantitative estimate of drug-likeness (QED) is 0.460. The molecule has 1 fully saturated rings. The SMILES string of the molecule is CC(C)C1C(O)OC(O)C(O)C1CO. The molecule has 5 nitrogen and oxygen atoms in total. The van der Waals surface area contributed by atoms with Crippen LogP contribution in [0.2, 0.25) is 0 Å². The standard InChI is InChI=1S/C9H18O5/c1-4(2)6-5(3-10)7(11)9(13)14-8(6)12/h4-13H,3H2,1-2H3. The van der Waals surface area contributed by atoms with Gasteiger partial charge in [-0.1, -0.05) is 13.8 Å². The summed E-state index contributed by atoms with van der Waals surface area (Å²) in [6.45, 7) is 3.45. The van der Waals surface area contributed by atoms with Crippen molar-refractivity contribution in [3.05, 3.63) is 0 Å². The van der Waals surface area contributed by atoms with Crippen LogP contribution in [-0.4, -0.2) is 45.7 Å². The topological polar surface area (TPSA) is 90.2 Å². The van der Waals surface area contributed by atoms with Crippen molar-refractivity contribution in [2.75, 3.05) is 6.61 Å². The van der Waals surface area contributed by atoms with Crippen LogP contribution in [0.5, 0.6) is 0 Å². The molecule has 0 radical (unpaired) electrons. The molecule has 84 valence electrons. The van der Waals surface area contributed by atoms with Gasteiger partial charge in [-0.3, -0.25) is 0 Å². The number of rotatable bonds is 2. The van der Waals surface area contributed by atoms with E-state index in [1.165, 1.54) is 0 Å². The summed E-state index contributed by atoms with van der Waals surface area (Å²) in [6.07, 6.45) is -3.70. The van der Waals surface area contributed by atoms with E-state index in [-0.39, 0.29) is 18.4 Å². The largest absolute Gasteiger partial charge is 0.396 e. The molecule has 0 saturated carbocycles. The number of hydrogen-bond acceptors (Lipinski definition) is 5. The van der Waals surface area contributed by atoms with E-state index in [2.05, 4.69) is 0 Å². The van der Waals surface area contributed by atoms with Crippen LogP contribution in [-0.2, 0) is 4.74 Å². The summed E-state index contributed by atoms with van der Waals surface area (Å²) >= 11 is 0. The molecular formula is C9H18O5. The molecule has 5 heteroatoms. The molecular weight excluding hydrogens is 188 g/mol. The second-order valence-electron chi connectivity index (χ2n) is 4.08. The Morgan fingerprint density at radius 2 is 1.71 bits per heavy atom. The Balaban J connectivity index is 2.80. The van der Waals surface area contributed by atoms with Crippen molar-refractivity contribution in [3.8, 4) is 0 Å². The zero-order valence-electron chi connectivity index (χ0n) is 8.37. The normalized spacial score (nSPS) is 44.4. The van der Waals surface area contributed by atoms with Gasteiger partial charge in [0, 0.05) is 18.4 Å². The smallest absolute Gasteiger partial charge is 0.184 e. The minimum Gasteiger partial charge on any atom is -0.396 e. The van der Waals surface area contributed by atoms with Crippen LogP contribution in [0.15, 0.2) is 0 Å². The van der Waals surface area contributed by atoms with Gasteiger partial charge >= 0.3 is 0 Å². The first kappa shape index (κ1) is 11.9. The van der Waals surface area contributed by atoms with Crippen LogP contribution in [0, 0.1) is 17.8 Å². The Labute approximate surface area is 82.9 Å². The molecule has 1 aliphatic heterocycles. The van der Waals surface area contributed by atoms with Crippen LogP contribution in [0.1, 0.15) is 13.8 Å². The molecule has 1 saturated heterocycles. The van der Waals surface area contributed by atoms with Crippen molar-refractivity contribution >= 4 is 0 Å². The average molecular weight is 206 g/mol. The molecule has 0 aromatic heterocycles. The Bertz CT molecular complexity index is 184. The van der Waals surface area contributed by atoms with Gasteiger partial charge in [-0.05, 0) is 5.92 Å². The van der Waals surface area contributed by atoms with E-state index in [1.54, 1.807) is 0 Å². The first-order valence-corrected chi connectivity index (χ1v) is 4.79. The average Bonchev–Trinajstić information content (AvgIpc) is 2.09. The first-order valence-electron chi connectivity index (χ1n) is 4.79. The highest BCUT2D eigenvalue weighted by Crippen LogP contribution is 2.33. The Kier molecular flexibility index (Phi) is 3.86. The molecule has 0 aliphatic carbocycles. The lowest BCUT2D eigenvalue weighted by molar-refractivity contribution is -0.316. The third-order valence-corrected chi connectivity index (χ3v) is 2.81. The van der Waals surface area contributed by atoms with Crippen LogP contribution in [0.25, 0.3) is 0 Å². The maximum absolute atomic E-state index is 9.53. The maximum Gasteiger partial charge on any atom is 0.184 e. The second kappa shape index (κ2) is 4.55. The van der Waals surface area contributed by atoms with E-state index >= 15 is 0 Å². The van der Waals surface area contributed by atoms with E-state index in [0.29, 0.717) is 0 Å². The van der Waals surface area contributed by atoms with E-state index in [0.717, 1.165) is 0 Å². The van der Waals surface area contributed by atoms with Gasteiger partial charge in [-0.15, -0.1) is 0 Å². The summed E-state index contributed by atoms with van der Waals surface area (Å²) in [4.78, 5) is 0. The highest BCUT2D eigenvalue weighted by molar-refractivity contribution is 4.85. The maximum atomic E-state index is 9.53. The molecule has 0 aromatic carbocycles. The van der Waals surface area contributed by atoms with E-state index < -0.39 is 24.6 Å². The van der Waals surface area contributed by atoms with Gasteiger partial charge < -0.3 is 25.2 Å². The minimum absolute atomic E-state index is 0.0595. The fraction of sp³-hybridized carbons (Fsp3) is 1.00. The van der Waals surface area contributed by atoms with Gasteiger partial charge in [-0.25, -0.2) is 0 Å². The number of ether oxygens (including phenoxy) is 1. The van der Waals surface area contributed by atoms with Gasteiger partial charge in [0.05, 0.1) is 0 Å².